The summed E-state index contributed by atoms with van der Waals surface area (Å²) in [5.41, 5.74) is 1.80. The van der Waals surface area contributed by atoms with Gasteiger partial charge in [-0.2, -0.15) is 0 Å². The molecule has 2 amide bonds. The van der Waals surface area contributed by atoms with Crippen molar-refractivity contribution in [3.05, 3.63) is 58.6 Å². The van der Waals surface area contributed by atoms with Gasteiger partial charge < -0.3 is 19.7 Å². The van der Waals surface area contributed by atoms with Gasteiger partial charge in [-0.15, -0.1) is 0 Å². The molecule has 0 saturated carbocycles. The predicted octanol–water partition coefficient (Wildman–Crippen LogP) is 4.33. The molecule has 2 aromatic carbocycles. The van der Waals surface area contributed by atoms with Gasteiger partial charge in [0.15, 0.2) is 11.5 Å². The van der Waals surface area contributed by atoms with Crippen molar-refractivity contribution in [2.75, 3.05) is 13.3 Å². The van der Waals surface area contributed by atoms with E-state index in [0.717, 1.165) is 24.0 Å². The lowest BCUT2D eigenvalue weighted by Gasteiger charge is -2.29. The lowest BCUT2D eigenvalue weighted by atomic mass is 10.1. The zero-order valence-electron chi connectivity index (χ0n) is 18.0. The van der Waals surface area contributed by atoms with Crippen LogP contribution in [0.3, 0.4) is 0 Å². The first-order chi connectivity index (χ1) is 15.0. The second-order valence-corrected chi connectivity index (χ2v) is 8.03. The SMILES string of the molecule is CCCCNC(=O)[C@H](C)N(Cc1ccccc1Cl)C(=O)CCc1ccc2c(c1)OCO2. The van der Waals surface area contributed by atoms with Crippen LogP contribution in [-0.2, 0) is 22.6 Å². The number of carbonyl (C=O) groups excluding carboxylic acids is 2. The van der Waals surface area contributed by atoms with Crippen molar-refractivity contribution in [1.29, 1.82) is 0 Å². The van der Waals surface area contributed by atoms with Crippen molar-refractivity contribution in [3.8, 4) is 11.5 Å². The van der Waals surface area contributed by atoms with Gasteiger partial charge in [-0.3, -0.25) is 9.59 Å². The molecule has 0 unspecified atom stereocenters. The van der Waals surface area contributed by atoms with Gasteiger partial charge in [0.25, 0.3) is 0 Å². The largest absolute Gasteiger partial charge is 0.454 e. The molecule has 31 heavy (non-hydrogen) atoms. The fraction of sp³-hybridized carbons (Fsp3) is 0.417. The summed E-state index contributed by atoms with van der Waals surface area (Å²) in [7, 11) is 0. The number of unbranched alkanes of at least 4 members (excludes halogenated alkanes) is 1. The van der Waals surface area contributed by atoms with E-state index in [9.17, 15) is 9.59 Å². The van der Waals surface area contributed by atoms with Crippen molar-refractivity contribution < 1.29 is 19.1 Å². The molecule has 6 nitrogen and oxygen atoms in total. The second-order valence-electron chi connectivity index (χ2n) is 7.62. The standard InChI is InChI=1S/C24H29ClN2O4/c1-3-4-13-26-24(29)17(2)27(15-19-7-5-6-8-20(19)25)23(28)12-10-18-9-11-21-22(14-18)31-16-30-21/h5-9,11,14,17H,3-4,10,12-13,15-16H2,1-2H3,(H,26,29)/t17-/m0/s1. The highest BCUT2D eigenvalue weighted by Gasteiger charge is 2.26. The molecule has 1 aliphatic rings. The number of hydrogen-bond donors (Lipinski definition) is 1. The molecule has 0 saturated heterocycles. The van der Waals surface area contributed by atoms with Crippen molar-refractivity contribution in [1.82, 2.24) is 10.2 Å². The van der Waals surface area contributed by atoms with Gasteiger partial charge in [-0.05, 0) is 49.1 Å². The summed E-state index contributed by atoms with van der Waals surface area (Å²) < 4.78 is 10.8. The molecule has 3 rings (SSSR count). The molecule has 1 heterocycles. The fourth-order valence-electron chi connectivity index (χ4n) is 3.42. The number of carbonyl (C=O) groups is 2. The highest BCUT2D eigenvalue weighted by atomic mass is 35.5. The molecule has 1 atom stereocenters. The maximum atomic E-state index is 13.2. The van der Waals surface area contributed by atoms with Gasteiger partial charge in [-0.25, -0.2) is 0 Å². The highest BCUT2D eigenvalue weighted by Crippen LogP contribution is 2.32. The van der Waals surface area contributed by atoms with Gasteiger partial charge >= 0.3 is 0 Å². The predicted molar refractivity (Wildman–Crippen MR) is 120 cm³/mol. The van der Waals surface area contributed by atoms with E-state index < -0.39 is 6.04 Å². The Morgan fingerprint density at radius 3 is 2.71 bits per heavy atom. The summed E-state index contributed by atoms with van der Waals surface area (Å²) in [5.74, 6) is 1.15. The molecule has 0 spiro atoms. The van der Waals surface area contributed by atoms with Crippen LogP contribution in [0.2, 0.25) is 5.02 Å². The van der Waals surface area contributed by atoms with Crippen LogP contribution in [0.1, 0.15) is 44.2 Å². The summed E-state index contributed by atoms with van der Waals surface area (Å²) in [6, 6.07) is 12.5. The second kappa shape index (κ2) is 11.0. The monoisotopic (exact) mass is 444 g/mol. The van der Waals surface area contributed by atoms with Crippen molar-refractivity contribution in [2.45, 2.75) is 52.1 Å². The van der Waals surface area contributed by atoms with E-state index in [0.29, 0.717) is 29.5 Å². The van der Waals surface area contributed by atoms with Gasteiger partial charge in [0.05, 0.1) is 0 Å². The quantitative estimate of drug-likeness (QED) is 0.553. The van der Waals surface area contributed by atoms with Gasteiger partial charge in [-0.1, -0.05) is 49.2 Å². The normalized spacial score (nSPS) is 13.0. The Hall–Kier alpha value is -2.73. The summed E-state index contributed by atoms with van der Waals surface area (Å²) in [6.07, 6.45) is 2.71. The van der Waals surface area contributed by atoms with Crippen LogP contribution in [0.25, 0.3) is 0 Å². The van der Waals surface area contributed by atoms with E-state index in [1.807, 2.05) is 36.4 Å². The smallest absolute Gasteiger partial charge is 0.242 e. The van der Waals surface area contributed by atoms with Crippen molar-refractivity contribution in [3.63, 3.8) is 0 Å². The Kier molecular flexibility index (Phi) is 8.18. The summed E-state index contributed by atoms with van der Waals surface area (Å²) in [4.78, 5) is 27.5. The summed E-state index contributed by atoms with van der Waals surface area (Å²) in [5, 5.41) is 3.50. The van der Waals surface area contributed by atoms with Crippen LogP contribution in [-0.4, -0.2) is 36.1 Å². The number of aryl methyl sites for hydroxylation is 1. The first kappa shape index (κ1) is 22.9. The summed E-state index contributed by atoms with van der Waals surface area (Å²) >= 11 is 6.32. The molecular weight excluding hydrogens is 416 g/mol. The van der Waals surface area contributed by atoms with Gasteiger partial charge in [0.2, 0.25) is 18.6 Å². The first-order valence-corrected chi connectivity index (χ1v) is 11.1. The zero-order valence-corrected chi connectivity index (χ0v) is 18.8. The number of rotatable bonds is 10. The van der Waals surface area contributed by atoms with Crippen molar-refractivity contribution >= 4 is 23.4 Å². The third-order valence-corrected chi connectivity index (χ3v) is 5.73. The van der Waals surface area contributed by atoms with Crippen LogP contribution >= 0.6 is 11.6 Å². The Morgan fingerprint density at radius 1 is 1.16 bits per heavy atom. The van der Waals surface area contributed by atoms with Crippen LogP contribution in [0.15, 0.2) is 42.5 Å². The van der Waals surface area contributed by atoms with E-state index >= 15 is 0 Å². The highest BCUT2D eigenvalue weighted by molar-refractivity contribution is 6.31. The minimum absolute atomic E-state index is 0.101. The lowest BCUT2D eigenvalue weighted by Crippen LogP contribution is -2.47. The number of benzene rings is 2. The average Bonchev–Trinajstić information content (AvgIpc) is 3.24. The van der Waals surface area contributed by atoms with E-state index in [2.05, 4.69) is 12.2 Å². The third-order valence-electron chi connectivity index (χ3n) is 5.36. The summed E-state index contributed by atoms with van der Waals surface area (Å²) in [6.45, 7) is 4.93. The van der Waals surface area contributed by atoms with Crippen LogP contribution in [0.5, 0.6) is 11.5 Å². The minimum atomic E-state index is -0.600. The molecule has 0 radical (unpaired) electrons. The number of amides is 2. The van der Waals surface area contributed by atoms with Crippen molar-refractivity contribution in [2.24, 2.45) is 0 Å². The number of nitrogens with one attached hydrogen (secondary N) is 1. The molecule has 1 aliphatic heterocycles. The third kappa shape index (κ3) is 6.14. The molecular formula is C24H29ClN2O4. The maximum Gasteiger partial charge on any atom is 0.242 e. The Balaban J connectivity index is 1.70. The average molecular weight is 445 g/mol. The van der Waals surface area contributed by atoms with E-state index in [1.165, 1.54) is 0 Å². The number of nitrogens with zero attached hydrogens (tertiary/aromatic N) is 1. The molecule has 7 heteroatoms. The molecule has 1 N–H and O–H groups in total. The Labute approximate surface area is 188 Å². The fourth-order valence-corrected chi connectivity index (χ4v) is 3.62. The molecule has 0 aromatic heterocycles. The van der Waals surface area contributed by atoms with E-state index in [4.69, 9.17) is 21.1 Å². The molecule has 0 aliphatic carbocycles. The topological polar surface area (TPSA) is 67.9 Å². The zero-order chi connectivity index (χ0) is 22.2. The van der Waals surface area contributed by atoms with Gasteiger partial charge in [0, 0.05) is 24.5 Å². The van der Waals surface area contributed by atoms with Crippen LogP contribution in [0.4, 0.5) is 0 Å². The number of halogens is 1. The van der Waals surface area contributed by atoms with E-state index in [-0.39, 0.29) is 31.6 Å². The molecule has 0 bridgehead atoms. The Morgan fingerprint density at radius 2 is 1.94 bits per heavy atom. The number of hydrogen-bond acceptors (Lipinski definition) is 4. The van der Waals surface area contributed by atoms with Crippen LogP contribution < -0.4 is 14.8 Å². The number of ether oxygens (including phenoxy) is 2. The first-order valence-electron chi connectivity index (χ1n) is 10.7. The van der Waals surface area contributed by atoms with Gasteiger partial charge in [0.1, 0.15) is 6.04 Å². The molecule has 166 valence electrons. The van der Waals surface area contributed by atoms with E-state index in [1.54, 1.807) is 17.9 Å². The maximum absolute atomic E-state index is 13.2. The number of fused-ring (bicyclic) bond motifs is 1. The van der Waals surface area contributed by atoms with Crippen LogP contribution in [0, 0.1) is 0 Å². The molecule has 2 aromatic rings. The Bertz CT molecular complexity index is 918. The minimum Gasteiger partial charge on any atom is -0.454 e. The molecule has 0 fully saturated rings. The lowest BCUT2D eigenvalue weighted by molar-refractivity contribution is -0.140.